The molecule has 0 aliphatic rings. The van der Waals surface area contributed by atoms with Gasteiger partial charge in [-0.05, 0) is 35.7 Å². The lowest BCUT2D eigenvalue weighted by atomic mass is 10.0. The Morgan fingerprint density at radius 1 is 1.07 bits per heavy atom. The van der Waals surface area contributed by atoms with E-state index < -0.39 is 0 Å². The van der Waals surface area contributed by atoms with E-state index in [-0.39, 0.29) is 5.75 Å². The predicted octanol–water partition coefficient (Wildman–Crippen LogP) is 2.95. The van der Waals surface area contributed by atoms with Crippen LogP contribution in [0.4, 0.5) is 5.69 Å². The van der Waals surface area contributed by atoms with Gasteiger partial charge in [-0.3, -0.25) is 0 Å². The van der Waals surface area contributed by atoms with E-state index in [1.807, 2.05) is 37.3 Å². The van der Waals surface area contributed by atoms with Crippen molar-refractivity contribution in [3.63, 3.8) is 0 Å². The van der Waals surface area contributed by atoms with Crippen molar-refractivity contribution in [3.8, 4) is 16.9 Å². The molecule has 0 unspecified atom stereocenters. The maximum Gasteiger partial charge on any atom is 0.139 e. The molecule has 2 aromatic carbocycles. The van der Waals surface area contributed by atoms with E-state index in [1.165, 1.54) is 5.56 Å². The molecule has 0 radical (unpaired) electrons. The summed E-state index contributed by atoms with van der Waals surface area (Å²) in [5.74, 6) is 0.135. The molecule has 2 rings (SSSR count). The van der Waals surface area contributed by atoms with Gasteiger partial charge in [0.15, 0.2) is 0 Å². The normalized spacial score (nSPS) is 10.2. The van der Waals surface area contributed by atoms with Crippen molar-refractivity contribution in [2.45, 2.75) is 6.92 Å². The number of aromatic hydroxyl groups is 1. The average molecular weight is 199 g/mol. The van der Waals surface area contributed by atoms with E-state index in [9.17, 15) is 5.11 Å². The first kappa shape index (κ1) is 9.59. The zero-order valence-corrected chi connectivity index (χ0v) is 8.57. The third-order valence-electron chi connectivity index (χ3n) is 2.49. The van der Waals surface area contributed by atoms with Crippen molar-refractivity contribution in [1.82, 2.24) is 0 Å². The highest BCUT2D eigenvalue weighted by molar-refractivity contribution is 5.71. The number of anilines is 1. The molecule has 0 saturated heterocycles. The lowest BCUT2D eigenvalue weighted by Crippen LogP contribution is -1.87. The lowest BCUT2D eigenvalue weighted by molar-refractivity contribution is 0.478. The Labute approximate surface area is 89.0 Å². The van der Waals surface area contributed by atoms with Crippen LogP contribution in [0, 0.1) is 6.92 Å². The number of phenols is 1. The molecule has 0 aliphatic heterocycles. The molecule has 0 fully saturated rings. The Kier molecular flexibility index (Phi) is 2.34. The minimum Gasteiger partial charge on any atom is -0.506 e. The summed E-state index contributed by atoms with van der Waals surface area (Å²) in [7, 11) is 0. The summed E-state index contributed by atoms with van der Waals surface area (Å²) in [5.41, 5.74) is 9.25. The first-order chi connectivity index (χ1) is 7.18. The van der Waals surface area contributed by atoms with Crippen LogP contribution >= 0.6 is 0 Å². The van der Waals surface area contributed by atoms with Crippen LogP contribution in [0.25, 0.3) is 11.1 Å². The molecule has 0 atom stereocenters. The van der Waals surface area contributed by atoms with Crippen molar-refractivity contribution < 1.29 is 5.11 Å². The van der Waals surface area contributed by atoms with Crippen LogP contribution in [0.1, 0.15) is 5.56 Å². The van der Waals surface area contributed by atoms with Crippen LogP contribution in [0.3, 0.4) is 0 Å². The topological polar surface area (TPSA) is 46.2 Å². The fourth-order valence-electron chi connectivity index (χ4n) is 1.61. The number of hydrogen-bond donors (Lipinski definition) is 2. The summed E-state index contributed by atoms with van der Waals surface area (Å²) < 4.78 is 0. The van der Waals surface area contributed by atoms with Crippen LogP contribution in [0.5, 0.6) is 5.75 Å². The Morgan fingerprint density at radius 2 is 1.80 bits per heavy atom. The molecule has 76 valence electrons. The number of nitrogen functional groups attached to an aromatic ring is 1. The van der Waals surface area contributed by atoms with Gasteiger partial charge in [0.25, 0.3) is 0 Å². The molecule has 0 spiro atoms. The quantitative estimate of drug-likeness (QED) is 0.548. The van der Waals surface area contributed by atoms with Gasteiger partial charge in [-0.2, -0.15) is 0 Å². The zero-order valence-electron chi connectivity index (χ0n) is 8.57. The smallest absolute Gasteiger partial charge is 0.139 e. The van der Waals surface area contributed by atoms with E-state index in [0.29, 0.717) is 5.69 Å². The number of phenolic OH excluding ortho intramolecular Hbond substituents is 1. The molecule has 0 amide bonds. The van der Waals surface area contributed by atoms with Crippen LogP contribution in [-0.4, -0.2) is 5.11 Å². The van der Waals surface area contributed by atoms with Crippen molar-refractivity contribution in [2.24, 2.45) is 0 Å². The number of nitrogens with two attached hydrogens (primary N) is 1. The molecule has 0 aromatic heterocycles. The number of aryl methyl sites for hydroxylation is 1. The molecule has 2 heteroatoms. The highest BCUT2D eigenvalue weighted by Crippen LogP contribution is 2.29. The molecule has 2 nitrogen and oxygen atoms in total. The minimum atomic E-state index is 0.135. The van der Waals surface area contributed by atoms with Gasteiger partial charge in [0, 0.05) is 0 Å². The summed E-state index contributed by atoms with van der Waals surface area (Å²) in [6.45, 7) is 2.04. The van der Waals surface area contributed by atoms with E-state index >= 15 is 0 Å². The van der Waals surface area contributed by atoms with Crippen LogP contribution in [-0.2, 0) is 0 Å². The Balaban J connectivity index is 2.55. The molecular formula is C13H13NO. The number of benzene rings is 2. The van der Waals surface area contributed by atoms with Gasteiger partial charge in [-0.25, -0.2) is 0 Å². The molecule has 2 aromatic rings. The highest BCUT2D eigenvalue weighted by atomic mass is 16.3. The summed E-state index contributed by atoms with van der Waals surface area (Å²) in [5, 5.41) is 9.53. The number of hydrogen-bond acceptors (Lipinski definition) is 2. The fourth-order valence-corrected chi connectivity index (χ4v) is 1.61. The maximum atomic E-state index is 9.53. The van der Waals surface area contributed by atoms with Crippen LogP contribution in [0.2, 0.25) is 0 Å². The average Bonchev–Trinajstić information content (AvgIpc) is 2.23. The van der Waals surface area contributed by atoms with Crippen molar-refractivity contribution in [3.05, 3.63) is 48.0 Å². The van der Waals surface area contributed by atoms with Gasteiger partial charge < -0.3 is 10.8 Å². The van der Waals surface area contributed by atoms with E-state index in [4.69, 9.17) is 5.73 Å². The SMILES string of the molecule is Cc1ccccc1-c1ccc(N)c(O)c1. The second kappa shape index (κ2) is 3.65. The van der Waals surface area contributed by atoms with E-state index in [0.717, 1.165) is 11.1 Å². The van der Waals surface area contributed by atoms with Crippen molar-refractivity contribution >= 4 is 5.69 Å². The molecule has 15 heavy (non-hydrogen) atoms. The summed E-state index contributed by atoms with van der Waals surface area (Å²) >= 11 is 0. The largest absolute Gasteiger partial charge is 0.506 e. The summed E-state index contributed by atoms with van der Waals surface area (Å²) in [4.78, 5) is 0. The Hall–Kier alpha value is -1.96. The van der Waals surface area contributed by atoms with Gasteiger partial charge >= 0.3 is 0 Å². The third-order valence-corrected chi connectivity index (χ3v) is 2.49. The van der Waals surface area contributed by atoms with Gasteiger partial charge in [0.1, 0.15) is 5.75 Å². The molecule has 0 heterocycles. The van der Waals surface area contributed by atoms with E-state index in [1.54, 1.807) is 12.1 Å². The lowest BCUT2D eigenvalue weighted by Gasteiger charge is -2.07. The van der Waals surface area contributed by atoms with Crippen LogP contribution < -0.4 is 5.73 Å². The summed E-state index contributed by atoms with van der Waals surface area (Å²) in [6, 6.07) is 13.4. The summed E-state index contributed by atoms with van der Waals surface area (Å²) in [6.07, 6.45) is 0. The minimum absolute atomic E-state index is 0.135. The molecule has 3 N–H and O–H groups in total. The second-order valence-electron chi connectivity index (χ2n) is 3.59. The first-order valence-corrected chi connectivity index (χ1v) is 4.83. The second-order valence-corrected chi connectivity index (χ2v) is 3.59. The van der Waals surface area contributed by atoms with Gasteiger partial charge in [-0.15, -0.1) is 0 Å². The van der Waals surface area contributed by atoms with Gasteiger partial charge in [0.05, 0.1) is 5.69 Å². The highest BCUT2D eigenvalue weighted by Gasteiger charge is 2.03. The zero-order chi connectivity index (χ0) is 10.8. The Bertz CT molecular complexity index is 492. The molecule has 0 saturated carbocycles. The van der Waals surface area contributed by atoms with Gasteiger partial charge in [0.2, 0.25) is 0 Å². The van der Waals surface area contributed by atoms with Crippen molar-refractivity contribution in [2.75, 3.05) is 5.73 Å². The third kappa shape index (κ3) is 1.79. The maximum absolute atomic E-state index is 9.53. The fraction of sp³-hybridized carbons (Fsp3) is 0.0769. The van der Waals surface area contributed by atoms with E-state index in [2.05, 4.69) is 0 Å². The van der Waals surface area contributed by atoms with Gasteiger partial charge in [-0.1, -0.05) is 30.3 Å². The standard InChI is InChI=1S/C13H13NO/c1-9-4-2-3-5-11(9)10-6-7-12(14)13(15)8-10/h2-8,15H,14H2,1H3. The molecule has 0 bridgehead atoms. The van der Waals surface area contributed by atoms with Crippen LogP contribution in [0.15, 0.2) is 42.5 Å². The van der Waals surface area contributed by atoms with Crippen molar-refractivity contribution in [1.29, 1.82) is 0 Å². The molecular weight excluding hydrogens is 186 g/mol. The molecule has 0 aliphatic carbocycles. The predicted molar refractivity (Wildman–Crippen MR) is 62.7 cm³/mol. The number of rotatable bonds is 1. The monoisotopic (exact) mass is 199 g/mol. The first-order valence-electron chi connectivity index (χ1n) is 4.83. The Morgan fingerprint density at radius 3 is 2.47 bits per heavy atom.